The molecule has 0 fully saturated rings. The van der Waals surface area contributed by atoms with Crippen molar-refractivity contribution < 1.29 is 19.1 Å². The lowest BCUT2D eigenvalue weighted by atomic mass is 10.2. The standard InChI is InChI=1S/C17H17BrN2O4/c1-3-24-15-9-6-12(18)10-14(15)17(22)20-19-16(21)11-4-7-13(23-2)8-5-11/h4-10H,3H2,1-2H3,(H,19,21)(H,20,22). The van der Waals surface area contributed by atoms with E-state index in [9.17, 15) is 9.59 Å². The molecule has 0 bridgehead atoms. The number of amides is 2. The summed E-state index contributed by atoms with van der Waals surface area (Å²) in [6, 6.07) is 11.6. The zero-order valence-corrected chi connectivity index (χ0v) is 14.8. The molecule has 0 atom stereocenters. The maximum Gasteiger partial charge on any atom is 0.273 e. The summed E-state index contributed by atoms with van der Waals surface area (Å²) in [5.41, 5.74) is 5.47. The topological polar surface area (TPSA) is 76.7 Å². The van der Waals surface area contributed by atoms with Gasteiger partial charge in [-0.2, -0.15) is 0 Å². The molecule has 2 aromatic rings. The summed E-state index contributed by atoms with van der Waals surface area (Å²) in [4.78, 5) is 24.3. The van der Waals surface area contributed by atoms with Gasteiger partial charge in [-0.3, -0.25) is 20.4 Å². The first kappa shape index (κ1) is 17.8. The van der Waals surface area contributed by atoms with Gasteiger partial charge in [0.15, 0.2) is 0 Å². The predicted molar refractivity (Wildman–Crippen MR) is 93.2 cm³/mol. The van der Waals surface area contributed by atoms with Crippen LogP contribution >= 0.6 is 15.9 Å². The van der Waals surface area contributed by atoms with Gasteiger partial charge in [0.2, 0.25) is 0 Å². The van der Waals surface area contributed by atoms with E-state index in [4.69, 9.17) is 9.47 Å². The third-order valence-electron chi connectivity index (χ3n) is 3.13. The average Bonchev–Trinajstić information content (AvgIpc) is 2.61. The predicted octanol–water partition coefficient (Wildman–Crippen LogP) is 2.93. The molecular formula is C17H17BrN2O4. The van der Waals surface area contributed by atoms with Gasteiger partial charge in [-0.25, -0.2) is 0 Å². The summed E-state index contributed by atoms with van der Waals surface area (Å²) >= 11 is 3.31. The number of carbonyl (C=O) groups excluding carboxylic acids is 2. The van der Waals surface area contributed by atoms with Crippen LogP contribution in [-0.4, -0.2) is 25.5 Å². The Morgan fingerprint density at radius 3 is 2.33 bits per heavy atom. The zero-order chi connectivity index (χ0) is 17.5. The number of nitrogens with one attached hydrogen (secondary N) is 2. The Labute approximate surface area is 148 Å². The highest BCUT2D eigenvalue weighted by molar-refractivity contribution is 9.10. The summed E-state index contributed by atoms with van der Waals surface area (Å²) in [5.74, 6) is 0.184. The molecule has 0 aliphatic heterocycles. The lowest BCUT2D eigenvalue weighted by Gasteiger charge is -2.12. The van der Waals surface area contributed by atoms with Crippen molar-refractivity contribution in [2.24, 2.45) is 0 Å². The third-order valence-corrected chi connectivity index (χ3v) is 3.62. The van der Waals surface area contributed by atoms with Gasteiger partial charge in [-0.15, -0.1) is 0 Å². The quantitative estimate of drug-likeness (QED) is 0.766. The minimum Gasteiger partial charge on any atom is -0.497 e. The Morgan fingerprint density at radius 1 is 1.04 bits per heavy atom. The molecule has 0 saturated heterocycles. The van der Waals surface area contributed by atoms with E-state index in [0.29, 0.717) is 29.2 Å². The summed E-state index contributed by atoms with van der Waals surface area (Å²) in [7, 11) is 1.54. The Balaban J connectivity index is 2.04. The largest absolute Gasteiger partial charge is 0.497 e. The number of ether oxygens (including phenoxy) is 2. The number of hydrogen-bond donors (Lipinski definition) is 2. The van der Waals surface area contributed by atoms with Crippen molar-refractivity contribution in [3.05, 3.63) is 58.1 Å². The van der Waals surface area contributed by atoms with Crippen molar-refractivity contribution >= 4 is 27.7 Å². The molecule has 126 valence electrons. The molecule has 0 unspecified atom stereocenters. The van der Waals surface area contributed by atoms with Crippen LogP contribution in [-0.2, 0) is 0 Å². The van der Waals surface area contributed by atoms with Crippen LogP contribution in [0.1, 0.15) is 27.6 Å². The van der Waals surface area contributed by atoms with Gasteiger partial charge in [0, 0.05) is 10.0 Å². The van der Waals surface area contributed by atoms with Gasteiger partial charge in [0.1, 0.15) is 11.5 Å². The molecule has 0 spiro atoms. The van der Waals surface area contributed by atoms with Crippen molar-refractivity contribution in [3.63, 3.8) is 0 Å². The fraction of sp³-hybridized carbons (Fsp3) is 0.176. The van der Waals surface area contributed by atoms with Gasteiger partial charge in [-0.1, -0.05) is 15.9 Å². The van der Waals surface area contributed by atoms with Crippen molar-refractivity contribution in [1.29, 1.82) is 0 Å². The first-order valence-electron chi connectivity index (χ1n) is 7.22. The molecule has 0 aliphatic rings. The number of methoxy groups -OCH3 is 1. The van der Waals surface area contributed by atoms with Gasteiger partial charge in [0.05, 0.1) is 19.3 Å². The minimum atomic E-state index is -0.471. The summed E-state index contributed by atoms with van der Waals surface area (Å²) in [5, 5.41) is 0. The van der Waals surface area contributed by atoms with E-state index in [1.54, 1.807) is 49.6 Å². The number of benzene rings is 2. The van der Waals surface area contributed by atoms with Gasteiger partial charge < -0.3 is 9.47 Å². The Morgan fingerprint density at radius 2 is 1.71 bits per heavy atom. The average molecular weight is 393 g/mol. The number of hydrazine groups is 1. The molecule has 0 saturated carbocycles. The van der Waals surface area contributed by atoms with Crippen LogP contribution in [0.25, 0.3) is 0 Å². The normalized spacial score (nSPS) is 9.96. The molecule has 0 aliphatic carbocycles. The van der Waals surface area contributed by atoms with Crippen molar-refractivity contribution in [1.82, 2.24) is 10.9 Å². The van der Waals surface area contributed by atoms with E-state index in [-0.39, 0.29) is 0 Å². The second-order valence-corrected chi connectivity index (χ2v) is 5.63. The monoisotopic (exact) mass is 392 g/mol. The van der Waals surface area contributed by atoms with E-state index < -0.39 is 11.8 Å². The molecule has 0 aromatic heterocycles. The van der Waals surface area contributed by atoms with Crippen LogP contribution < -0.4 is 20.3 Å². The second-order valence-electron chi connectivity index (χ2n) is 4.71. The van der Waals surface area contributed by atoms with E-state index in [1.807, 2.05) is 6.92 Å². The Kier molecular flexibility index (Phi) is 6.20. The SMILES string of the molecule is CCOc1ccc(Br)cc1C(=O)NNC(=O)c1ccc(OC)cc1. The van der Waals surface area contributed by atoms with Crippen LogP contribution in [0, 0.1) is 0 Å². The smallest absolute Gasteiger partial charge is 0.273 e. The molecular weight excluding hydrogens is 376 g/mol. The molecule has 2 N–H and O–H groups in total. The molecule has 2 rings (SSSR count). The molecule has 2 amide bonds. The highest BCUT2D eigenvalue weighted by Gasteiger charge is 2.14. The number of hydrogen-bond acceptors (Lipinski definition) is 4. The maximum atomic E-state index is 12.3. The zero-order valence-electron chi connectivity index (χ0n) is 13.3. The van der Waals surface area contributed by atoms with E-state index in [1.165, 1.54) is 0 Å². The maximum absolute atomic E-state index is 12.3. The molecule has 7 heteroatoms. The van der Waals surface area contributed by atoms with E-state index in [0.717, 1.165) is 4.47 Å². The fourth-order valence-electron chi connectivity index (χ4n) is 1.96. The molecule has 0 heterocycles. The summed E-state index contributed by atoms with van der Waals surface area (Å²) in [6.45, 7) is 2.26. The van der Waals surface area contributed by atoms with E-state index in [2.05, 4.69) is 26.8 Å². The van der Waals surface area contributed by atoms with Gasteiger partial charge in [0.25, 0.3) is 11.8 Å². The van der Waals surface area contributed by atoms with Crippen LogP contribution in [0.2, 0.25) is 0 Å². The molecule has 24 heavy (non-hydrogen) atoms. The minimum absolute atomic E-state index is 0.321. The fourth-order valence-corrected chi connectivity index (χ4v) is 2.32. The van der Waals surface area contributed by atoms with Crippen LogP contribution in [0.15, 0.2) is 46.9 Å². The Hall–Kier alpha value is -2.54. The lowest BCUT2D eigenvalue weighted by molar-refractivity contribution is 0.0844. The van der Waals surface area contributed by atoms with Crippen molar-refractivity contribution in [2.45, 2.75) is 6.92 Å². The summed E-state index contributed by atoms with van der Waals surface area (Å²) in [6.07, 6.45) is 0. The first-order chi connectivity index (χ1) is 11.5. The van der Waals surface area contributed by atoms with E-state index >= 15 is 0 Å². The highest BCUT2D eigenvalue weighted by atomic mass is 79.9. The molecule has 6 nitrogen and oxygen atoms in total. The molecule has 2 aromatic carbocycles. The Bertz CT molecular complexity index is 732. The molecule has 0 radical (unpaired) electrons. The van der Waals surface area contributed by atoms with Crippen LogP contribution in [0.4, 0.5) is 0 Å². The van der Waals surface area contributed by atoms with Crippen molar-refractivity contribution in [3.8, 4) is 11.5 Å². The summed E-state index contributed by atoms with van der Waals surface area (Å²) < 4.78 is 11.2. The lowest BCUT2D eigenvalue weighted by Crippen LogP contribution is -2.41. The highest BCUT2D eigenvalue weighted by Crippen LogP contribution is 2.23. The van der Waals surface area contributed by atoms with Crippen LogP contribution in [0.5, 0.6) is 11.5 Å². The number of halogens is 1. The van der Waals surface area contributed by atoms with Crippen molar-refractivity contribution in [2.75, 3.05) is 13.7 Å². The van der Waals surface area contributed by atoms with Gasteiger partial charge in [-0.05, 0) is 49.4 Å². The van der Waals surface area contributed by atoms with Crippen LogP contribution in [0.3, 0.4) is 0 Å². The first-order valence-corrected chi connectivity index (χ1v) is 8.01. The number of rotatable bonds is 5. The third kappa shape index (κ3) is 4.48. The number of carbonyl (C=O) groups is 2. The second kappa shape index (κ2) is 8.35. The van der Waals surface area contributed by atoms with Gasteiger partial charge >= 0.3 is 0 Å².